The van der Waals surface area contributed by atoms with Gasteiger partial charge in [0.1, 0.15) is 0 Å². The highest BCUT2D eigenvalue weighted by Gasteiger charge is 2.18. The molecule has 1 aliphatic carbocycles. The Labute approximate surface area is 135 Å². The van der Waals surface area contributed by atoms with Crippen LogP contribution in [0.1, 0.15) is 50.5 Å². The summed E-state index contributed by atoms with van der Waals surface area (Å²) in [6.07, 6.45) is 9.87. The van der Waals surface area contributed by atoms with Gasteiger partial charge in [-0.3, -0.25) is 9.69 Å². The van der Waals surface area contributed by atoms with E-state index in [1.54, 1.807) is 0 Å². The normalized spacial score (nSPS) is 16.5. The minimum atomic E-state index is 0.166. The van der Waals surface area contributed by atoms with Crippen LogP contribution >= 0.6 is 0 Å². The van der Waals surface area contributed by atoms with Crippen molar-refractivity contribution in [3.63, 3.8) is 0 Å². The van der Waals surface area contributed by atoms with Crippen LogP contribution in [0.3, 0.4) is 0 Å². The topological polar surface area (TPSA) is 32.3 Å². The minimum absolute atomic E-state index is 0.166. The van der Waals surface area contributed by atoms with Crippen molar-refractivity contribution in [3.8, 4) is 0 Å². The zero-order chi connectivity index (χ0) is 15.6. The van der Waals surface area contributed by atoms with Gasteiger partial charge in [-0.1, -0.05) is 56.0 Å². The molecule has 0 aliphatic heterocycles. The molecule has 1 aromatic rings. The first-order valence-electron chi connectivity index (χ1n) is 8.76. The van der Waals surface area contributed by atoms with Crippen LogP contribution in [0.25, 0.3) is 0 Å². The van der Waals surface area contributed by atoms with E-state index in [1.165, 1.54) is 44.1 Å². The highest BCUT2D eigenvalue weighted by Crippen LogP contribution is 2.20. The molecule has 0 saturated heterocycles. The van der Waals surface area contributed by atoms with Crippen LogP contribution in [-0.2, 0) is 11.2 Å². The first kappa shape index (κ1) is 17.0. The second-order valence-electron chi connectivity index (χ2n) is 6.50. The maximum absolute atomic E-state index is 12.0. The summed E-state index contributed by atoms with van der Waals surface area (Å²) in [4.78, 5) is 14.3. The van der Waals surface area contributed by atoms with E-state index in [0.29, 0.717) is 12.6 Å². The molecule has 0 heterocycles. The van der Waals surface area contributed by atoms with Gasteiger partial charge in [-0.05, 0) is 38.3 Å². The fraction of sp³-hybridized carbons (Fsp3) is 0.632. The minimum Gasteiger partial charge on any atom is -0.355 e. The molecule has 3 heteroatoms. The highest BCUT2D eigenvalue weighted by atomic mass is 16.2. The Kier molecular flexibility index (Phi) is 7.44. The number of carbonyl (C=O) groups excluding carboxylic acids is 1. The van der Waals surface area contributed by atoms with Gasteiger partial charge in [0.2, 0.25) is 5.91 Å². The number of nitrogens with one attached hydrogen (secondary N) is 1. The number of nitrogens with zero attached hydrogens (tertiary/aromatic N) is 1. The predicted molar refractivity (Wildman–Crippen MR) is 91.9 cm³/mol. The van der Waals surface area contributed by atoms with Gasteiger partial charge in [0.25, 0.3) is 0 Å². The number of carbonyl (C=O) groups is 1. The third kappa shape index (κ3) is 6.18. The molecule has 0 atom stereocenters. The van der Waals surface area contributed by atoms with Crippen molar-refractivity contribution in [2.24, 2.45) is 0 Å². The third-order valence-corrected chi connectivity index (χ3v) is 4.65. The lowest BCUT2D eigenvalue weighted by molar-refractivity contribution is -0.122. The maximum Gasteiger partial charge on any atom is 0.234 e. The van der Waals surface area contributed by atoms with E-state index in [9.17, 15) is 4.79 Å². The summed E-state index contributed by atoms with van der Waals surface area (Å²) in [5.74, 6) is 0.166. The summed E-state index contributed by atoms with van der Waals surface area (Å²) < 4.78 is 0. The van der Waals surface area contributed by atoms with E-state index >= 15 is 0 Å². The molecule has 0 aromatic heterocycles. The number of hydrogen-bond donors (Lipinski definition) is 1. The first-order chi connectivity index (χ1) is 10.8. The Hall–Kier alpha value is -1.35. The van der Waals surface area contributed by atoms with E-state index in [2.05, 4.69) is 41.5 Å². The molecule has 0 spiro atoms. The number of likely N-dealkylation sites (N-methyl/N-ethyl adjacent to an activating group) is 1. The molecule has 1 amide bonds. The summed E-state index contributed by atoms with van der Waals surface area (Å²) in [6.45, 7) is 1.31. The summed E-state index contributed by atoms with van der Waals surface area (Å²) in [5, 5.41) is 3.06. The van der Waals surface area contributed by atoms with Crippen LogP contribution < -0.4 is 5.32 Å². The fourth-order valence-corrected chi connectivity index (χ4v) is 3.28. The van der Waals surface area contributed by atoms with Crippen molar-refractivity contribution in [1.29, 1.82) is 0 Å². The molecule has 1 fully saturated rings. The highest BCUT2D eigenvalue weighted by molar-refractivity contribution is 5.77. The number of aryl methyl sites for hydroxylation is 1. The van der Waals surface area contributed by atoms with E-state index in [0.717, 1.165) is 19.4 Å². The average molecular weight is 302 g/mol. The largest absolute Gasteiger partial charge is 0.355 e. The zero-order valence-corrected chi connectivity index (χ0v) is 13.9. The van der Waals surface area contributed by atoms with Gasteiger partial charge in [0.05, 0.1) is 6.54 Å². The van der Waals surface area contributed by atoms with Gasteiger partial charge in [-0.25, -0.2) is 0 Å². The molecule has 3 nitrogen and oxygen atoms in total. The number of rotatable bonds is 7. The van der Waals surface area contributed by atoms with Crippen molar-refractivity contribution in [2.75, 3.05) is 20.1 Å². The smallest absolute Gasteiger partial charge is 0.234 e. The van der Waals surface area contributed by atoms with Gasteiger partial charge < -0.3 is 5.32 Å². The first-order valence-corrected chi connectivity index (χ1v) is 8.76. The van der Waals surface area contributed by atoms with Crippen molar-refractivity contribution in [2.45, 2.75) is 57.4 Å². The van der Waals surface area contributed by atoms with Crippen molar-refractivity contribution < 1.29 is 4.79 Å². The molecular formula is C19H30N2O. The van der Waals surface area contributed by atoms with Crippen LogP contribution in [0, 0.1) is 0 Å². The maximum atomic E-state index is 12.0. The van der Waals surface area contributed by atoms with E-state index in [1.807, 2.05) is 6.07 Å². The molecule has 0 unspecified atom stereocenters. The summed E-state index contributed by atoms with van der Waals surface area (Å²) >= 11 is 0. The summed E-state index contributed by atoms with van der Waals surface area (Å²) in [7, 11) is 2.10. The van der Waals surface area contributed by atoms with Crippen LogP contribution in [0.2, 0.25) is 0 Å². The lowest BCUT2D eigenvalue weighted by Crippen LogP contribution is -2.40. The Morgan fingerprint density at radius 1 is 1.14 bits per heavy atom. The molecule has 0 radical (unpaired) electrons. The fourth-order valence-electron chi connectivity index (χ4n) is 3.28. The van der Waals surface area contributed by atoms with Crippen molar-refractivity contribution in [3.05, 3.63) is 35.9 Å². The van der Waals surface area contributed by atoms with Crippen LogP contribution in [0.5, 0.6) is 0 Å². The second kappa shape index (κ2) is 9.62. The molecule has 22 heavy (non-hydrogen) atoms. The molecule has 1 N–H and O–H groups in total. The molecule has 122 valence electrons. The molecule has 1 aromatic carbocycles. The number of hydrogen-bond acceptors (Lipinski definition) is 2. The summed E-state index contributed by atoms with van der Waals surface area (Å²) in [5.41, 5.74) is 1.34. The number of benzene rings is 1. The van der Waals surface area contributed by atoms with Crippen LogP contribution in [0.15, 0.2) is 30.3 Å². The molecule has 1 saturated carbocycles. The summed E-state index contributed by atoms with van der Waals surface area (Å²) in [6, 6.07) is 11.0. The lowest BCUT2D eigenvalue weighted by atomic mass is 10.1. The van der Waals surface area contributed by atoms with Crippen LogP contribution in [0.4, 0.5) is 0 Å². The third-order valence-electron chi connectivity index (χ3n) is 4.65. The Morgan fingerprint density at radius 2 is 1.82 bits per heavy atom. The van der Waals surface area contributed by atoms with Gasteiger partial charge in [0.15, 0.2) is 0 Å². The Morgan fingerprint density at radius 3 is 2.50 bits per heavy atom. The SMILES string of the molecule is CN(CC(=O)NCCCc1ccccc1)C1CCCCCC1. The van der Waals surface area contributed by atoms with E-state index in [-0.39, 0.29) is 5.91 Å². The molecule has 1 aliphatic rings. The molecular weight excluding hydrogens is 272 g/mol. The van der Waals surface area contributed by atoms with Crippen LogP contribution in [-0.4, -0.2) is 37.0 Å². The quantitative estimate of drug-likeness (QED) is 0.618. The van der Waals surface area contributed by atoms with E-state index in [4.69, 9.17) is 0 Å². The average Bonchev–Trinajstić information content (AvgIpc) is 2.82. The lowest BCUT2D eigenvalue weighted by Gasteiger charge is -2.26. The van der Waals surface area contributed by atoms with Gasteiger partial charge in [-0.2, -0.15) is 0 Å². The monoisotopic (exact) mass is 302 g/mol. The van der Waals surface area contributed by atoms with E-state index < -0.39 is 0 Å². The van der Waals surface area contributed by atoms with Crippen molar-refractivity contribution >= 4 is 5.91 Å². The standard InChI is InChI=1S/C19H30N2O/c1-21(18-13-7-2-3-8-14-18)16-19(22)20-15-9-12-17-10-5-4-6-11-17/h4-6,10-11,18H,2-3,7-9,12-16H2,1H3,(H,20,22). The predicted octanol–water partition coefficient (Wildman–Crippen LogP) is 3.39. The van der Waals surface area contributed by atoms with Crippen molar-refractivity contribution in [1.82, 2.24) is 10.2 Å². The molecule has 0 bridgehead atoms. The molecule has 2 rings (SSSR count). The van der Waals surface area contributed by atoms with Gasteiger partial charge >= 0.3 is 0 Å². The second-order valence-corrected chi connectivity index (χ2v) is 6.50. The zero-order valence-electron chi connectivity index (χ0n) is 13.9. The number of amides is 1. The Bertz CT molecular complexity index is 424. The van der Waals surface area contributed by atoms with Gasteiger partial charge in [0, 0.05) is 12.6 Å². The Balaban J connectivity index is 1.60. The van der Waals surface area contributed by atoms with Gasteiger partial charge in [-0.15, -0.1) is 0 Å².